The van der Waals surface area contributed by atoms with Gasteiger partial charge in [-0.25, -0.2) is 8.78 Å². The number of aromatic nitrogens is 1. The van der Waals surface area contributed by atoms with Crippen LogP contribution in [-0.4, -0.2) is 29.8 Å². The first-order chi connectivity index (χ1) is 23.4. The molecular formula is C45H76F2NO2P. The Labute approximate surface area is 313 Å². The monoisotopic (exact) mass is 732 g/mol. The highest BCUT2D eigenvalue weighted by Gasteiger charge is 2.23. The van der Waals surface area contributed by atoms with E-state index in [0.29, 0.717) is 5.41 Å². The van der Waals surface area contributed by atoms with E-state index in [1.54, 1.807) is 0 Å². The zero-order chi connectivity index (χ0) is 40.4. The Morgan fingerprint density at radius 2 is 1.41 bits per heavy atom. The second-order valence-corrected chi connectivity index (χ2v) is 19.9. The molecule has 0 amide bonds. The van der Waals surface area contributed by atoms with Crippen LogP contribution in [0, 0.1) is 35.3 Å². The van der Waals surface area contributed by atoms with Crippen molar-refractivity contribution in [1.29, 1.82) is 0 Å². The number of hydrogen-bond acceptors (Lipinski definition) is 3. The van der Waals surface area contributed by atoms with E-state index in [9.17, 15) is 18.1 Å². The number of halogens is 2. The summed E-state index contributed by atoms with van der Waals surface area (Å²) < 4.78 is 38.0. The third kappa shape index (κ3) is 35.5. The van der Waals surface area contributed by atoms with Gasteiger partial charge in [0.25, 0.3) is 0 Å². The quantitative estimate of drug-likeness (QED) is 0.118. The Kier molecular flexibility index (Phi) is 28.9. The van der Waals surface area contributed by atoms with Gasteiger partial charge in [-0.1, -0.05) is 137 Å². The van der Waals surface area contributed by atoms with Crippen molar-refractivity contribution in [2.24, 2.45) is 16.7 Å². The zero-order valence-corrected chi connectivity index (χ0v) is 36.5. The average molecular weight is 732 g/mol. The first-order valence-electron chi connectivity index (χ1n) is 18.8. The molecule has 0 aliphatic rings. The number of hydrogen-bond donors (Lipinski definition) is 0. The number of Topliss-reactive ketones (excluding diaryl/α,β-unsaturated/α-hetero) is 1. The summed E-state index contributed by atoms with van der Waals surface area (Å²) in [6, 6.07) is 14.3. The number of benzene rings is 2. The van der Waals surface area contributed by atoms with Gasteiger partial charge in [-0.15, -0.1) is 6.58 Å². The van der Waals surface area contributed by atoms with Crippen LogP contribution in [0.25, 0.3) is 10.8 Å². The summed E-state index contributed by atoms with van der Waals surface area (Å²) in [5.74, 6) is -0.896. The van der Waals surface area contributed by atoms with Gasteiger partial charge < -0.3 is 9.36 Å². The van der Waals surface area contributed by atoms with Crippen LogP contribution in [0.4, 0.5) is 8.78 Å². The highest BCUT2D eigenvalue weighted by Crippen LogP contribution is 2.47. The number of pyridine rings is 1. The Hall–Kier alpha value is -2.65. The second-order valence-electron chi connectivity index (χ2n) is 16.5. The highest BCUT2D eigenvalue weighted by atomic mass is 31.2. The lowest BCUT2D eigenvalue weighted by Crippen LogP contribution is -2.13. The molecule has 1 heterocycles. The maximum Gasteiger partial charge on any atom is 0.162 e. The molecule has 2 atom stereocenters. The maximum absolute atomic E-state index is 13.0. The summed E-state index contributed by atoms with van der Waals surface area (Å²) in [6.45, 7) is 36.8. The summed E-state index contributed by atoms with van der Waals surface area (Å²) in [7, 11) is -1.88. The average Bonchev–Trinajstić information content (AvgIpc) is 2.99. The zero-order valence-electron chi connectivity index (χ0n) is 35.6. The number of allylic oxidation sites excluding steroid dienone is 1. The molecule has 2 unspecified atom stereocenters. The number of carbonyl (C=O) groups is 1. The molecule has 0 saturated carbocycles. The van der Waals surface area contributed by atoms with Gasteiger partial charge in [0.1, 0.15) is 5.78 Å². The minimum absolute atomic E-state index is 0.0244. The lowest BCUT2D eigenvalue weighted by Gasteiger charge is -2.23. The topological polar surface area (TPSA) is 47.0 Å². The number of carbonyl (C=O) groups excluding carboxylic acids is 1. The van der Waals surface area contributed by atoms with E-state index >= 15 is 0 Å². The number of fused-ring (bicyclic) bond motifs is 1. The molecule has 51 heavy (non-hydrogen) atoms. The number of ketones is 1. The van der Waals surface area contributed by atoms with E-state index in [0.717, 1.165) is 36.4 Å². The van der Waals surface area contributed by atoms with Crippen molar-refractivity contribution >= 4 is 23.7 Å². The van der Waals surface area contributed by atoms with Crippen molar-refractivity contribution in [2.75, 3.05) is 19.0 Å². The number of unbranched alkanes of at least 4 members (excludes halogenated alkanes) is 1. The Balaban J connectivity index is -0.000000596. The molecule has 1 aromatic heterocycles. The van der Waals surface area contributed by atoms with Crippen LogP contribution < -0.4 is 0 Å². The number of aryl methyl sites for hydroxylation is 2. The van der Waals surface area contributed by atoms with E-state index in [2.05, 4.69) is 92.1 Å². The fraction of sp³-hybridized carbons (Fsp3) is 0.600. The van der Waals surface area contributed by atoms with Gasteiger partial charge in [0.2, 0.25) is 0 Å². The van der Waals surface area contributed by atoms with Crippen LogP contribution in [0.5, 0.6) is 0 Å². The van der Waals surface area contributed by atoms with Gasteiger partial charge >= 0.3 is 0 Å². The van der Waals surface area contributed by atoms with Crippen molar-refractivity contribution in [3.63, 3.8) is 0 Å². The lowest BCUT2D eigenvalue weighted by molar-refractivity contribution is -0.116. The molecule has 2 aromatic carbocycles. The SMILES string of the molecule is C=C(C)C.CC.CC(=O)CCc1cccc(F)c1F.CC(C)(C)C.CCC(C)CCCCP(C)(=O)CC(C)(C)C.Cc1cc2ccccc2cn1. The molecule has 0 bridgehead atoms. The van der Waals surface area contributed by atoms with E-state index in [-0.39, 0.29) is 29.6 Å². The van der Waals surface area contributed by atoms with E-state index < -0.39 is 18.8 Å². The predicted molar refractivity (Wildman–Crippen MR) is 225 cm³/mol. The van der Waals surface area contributed by atoms with Gasteiger partial charge in [0.05, 0.1) is 7.14 Å². The molecule has 0 N–H and O–H groups in total. The van der Waals surface area contributed by atoms with Crippen molar-refractivity contribution in [3.05, 3.63) is 89.8 Å². The molecule has 3 aromatic rings. The third-order valence-electron chi connectivity index (χ3n) is 6.63. The molecule has 0 aliphatic heterocycles. The molecule has 0 radical (unpaired) electrons. The molecule has 6 heteroatoms. The molecule has 3 rings (SSSR count). The van der Waals surface area contributed by atoms with E-state index in [1.807, 2.05) is 59.6 Å². The second kappa shape index (κ2) is 27.9. The Morgan fingerprint density at radius 3 is 1.88 bits per heavy atom. The van der Waals surface area contributed by atoms with E-state index in [1.165, 1.54) is 54.7 Å². The fourth-order valence-electron chi connectivity index (χ4n) is 4.47. The van der Waals surface area contributed by atoms with Gasteiger partial charge in [0.15, 0.2) is 11.6 Å². The fourth-order valence-corrected chi connectivity index (χ4v) is 7.53. The summed E-state index contributed by atoms with van der Waals surface area (Å²) in [6.07, 6.45) is 9.22. The third-order valence-corrected chi connectivity index (χ3v) is 9.51. The van der Waals surface area contributed by atoms with Crippen LogP contribution in [0.3, 0.4) is 0 Å². The summed E-state index contributed by atoms with van der Waals surface area (Å²) in [5.41, 5.74) is 3.21. The molecule has 3 nitrogen and oxygen atoms in total. The molecule has 0 aliphatic carbocycles. The van der Waals surface area contributed by atoms with Crippen molar-refractivity contribution in [3.8, 4) is 0 Å². The summed E-state index contributed by atoms with van der Waals surface area (Å²) in [5, 5.41) is 2.47. The standard InChI is InChI=1S/C14H31OP.C10H10F2O.C10H9N.C5H12.C4H8.C2H6/c1-7-13(2)10-8-9-11-16(6,15)12-14(3,4)5;1-7(13)5-6-8-3-2-4-9(11)10(8)12;1-8-6-9-4-2-3-5-10(9)7-11-8;1-5(2,3)4;1-4(2)3;1-2/h13H,7-12H2,1-6H3;2-4H,5-6H2,1H3;2-7H,1H3;1-4H3;1H2,2-3H3;1-2H3. The summed E-state index contributed by atoms with van der Waals surface area (Å²) >= 11 is 0. The molecule has 0 spiro atoms. The maximum atomic E-state index is 13.0. The van der Waals surface area contributed by atoms with Crippen LogP contribution >= 0.6 is 7.14 Å². The highest BCUT2D eigenvalue weighted by molar-refractivity contribution is 7.63. The Bertz CT molecular complexity index is 1410. The molecule has 0 fully saturated rings. The minimum atomic E-state index is -1.88. The lowest BCUT2D eigenvalue weighted by atomic mass is 10.0. The van der Waals surface area contributed by atoms with Crippen molar-refractivity contribution in [1.82, 2.24) is 4.98 Å². The van der Waals surface area contributed by atoms with E-state index in [4.69, 9.17) is 0 Å². The summed E-state index contributed by atoms with van der Waals surface area (Å²) in [4.78, 5) is 14.8. The van der Waals surface area contributed by atoms with Crippen LogP contribution in [0.1, 0.15) is 140 Å². The molecule has 292 valence electrons. The van der Waals surface area contributed by atoms with Gasteiger partial charge in [-0.2, -0.15) is 0 Å². The van der Waals surface area contributed by atoms with Gasteiger partial charge in [-0.3, -0.25) is 4.98 Å². The number of nitrogens with zero attached hydrogens (tertiary/aromatic N) is 1. The predicted octanol–water partition coefficient (Wildman–Crippen LogP) is 14.9. The van der Waals surface area contributed by atoms with Crippen molar-refractivity contribution in [2.45, 2.75) is 142 Å². The largest absolute Gasteiger partial charge is 0.324 e. The number of rotatable bonds is 10. The van der Waals surface area contributed by atoms with Gasteiger partial charge in [-0.05, 0) is 87.0 Å². The van der Waals surface area contributed by atoms with Crippen LogP contribution in [0.2, 0.25) is 0 Å². The van der Waals surface area contributed by atoms with Crippen LogP contribution in [0.15, 0.2) is 66.9 Å². The molecular weight excluding hydrogens is 655 g/mol. The first kappa shape index (κ1) is 52.7. The Morgan fingerprint density at radius 1 is 0.902 bits per heavy atom. The van der Waals surface area contributed by atoms with Crippen LogP contribution in [-0.2, 0) is 15.8 Å². The normalized spacial score (nSPS) is 12.3. The van der Waals surface area contributed by atoms with Gasteiger partial charge in [0, 0.05) is 36.0 Å². The smallest absolute Gasteiger partial charge is 0.162 e. The van der Waals surface area contributed by atoms with Crippen molar-refractivity contribution < 1.29 is 18.1 Å². The minimum Gasteiger partial charge on any atom is -0.324 e. The molecule has 0 saturated heterocycles. The first-order valence-corrected chi connectivity index (χ1v) is 21.3.